The van der Waals surface area contributed by atoms with Crippen molar-refractivity contribution in [1.82, 2.24) is 0 Å². The Labute approximate surface area is 127 Å². The molecule has 1 fully saturated rings. The molecule has 1 aromatic rings. The number of anilines is 1. The Bertz CT molecular complexity index is 526. The van der Waals surface area contributed by atoms with Gasteiger partial charge in [-0.15, -0.1) is 0 Å². The number of fused-ring (bicyclic) bond motifs is 3. The van der Waals surface area contributed by atoms with Crippen molar-refractivity contribution < 1.29 is 9.53 Å². The van der Waals surface area contributed by atoms with Crippen LogP contribution in [0.3, 0.4) is 0 Å². The lowest BCUT2D eigenvalue weighted by Crippen LogP contribution is -2.38. The first-order valence-corrected chi connectivity index (χ1v) is 8.23. The third kappa shape index (κ3) is 2.78. The largest absolute Gasteiger partial charge is 0.465 e. The average Bonchev–Trinajstić information content (AvgIpc) is 2.64. The van der Waals surface area contributed by atoms with Crippen LogP contribution in [0, 0.1) is 6.92 Å². The molecule has 0 spiro atoms. The number of hydrogen-bond acceptors (Lipinski definition) is 3. The molecular weight excluding hydrogens is 262 g/mol. The van der Waals surface area contributed by atoms with Crippen molar-refractivity contribution >= 4 is 11.7 Å². The second-order valence-electron chi connectivity index (χ2n) is 6.31. The van der Waals surface area contributed by atoms with Crippen LogP contribution in [0.25, 0.3) is 0 Å². The Morgan fingerprint density at radius 1 is 1.29 bits per heavy atom. The molecule has 2 aliphatic rings. The maximum atomic E-state index is 12.0. The predicted octanol–water partition coefficient (Wildman–Crippen LogP) is 3.79. The number of carbonyl (C=O) groups is 1. The molecule has 0 radical (unpaired) electrons. The fourth-order valence-corrected chi connectivity index (χ4v) is 3.98. The number of hydrogen-bond donors (Lipinski definition) is 0. The third-order valence-electron chi connectivity index (χ3n) is 4.88. The highest BCUT2D eigenvalue weighted by molar-refractivity contribution is 5.78. The molecule has 1 aliphatic heterocycles. The minimum atomic E-state index is -0.103. The Hall–Kier alpha value is -1.51. The van der Waals surface area contributed by atoms with Crippen molar-refractivity contribution in [1.29, 1.82) is 0 Å². The average molecular weight is 287 g/mol. The smallest absolute Gasteiger partial charge is 0.325 e. The van der Waals surface area contributed by atoms with Gasteiger partial charge in [0.2, 0.25) is 0 Å². The summed E-state index contributed by atoms with van der Waals surface area (Å²) in [5.41, 5.74) is 4.02. The van der Waals surface area contributed by atoms with E-state index in [1.54, 1.807) is 0 Å². The van der Waals surface area contributed by atoms with E-state index in [4.69, 9.17) is 4.74 Å². The fraction of sp³-hybridized carbons (Fsp3) is 0.611. The van der Waals surface area contributed by atoms with E-state index >= 15 is 0 Å². The summed E-state index contributed by atoms with van der Waals surface area (Å²) in [6, 6.07) is 7.15. The first kappa shape index (κ1) is 14.4. The number of aryl methyl sites for hydroxylation is 1. The quantitative estimate of drug-likeness (QED) is 0.792. The summed E-state index contributed by atoms with van der Waals surface area (Å²) in [7, 11) is 0. The van der Waals surface area contributed by atoms with Gasteiger partial charge in [-0.05, 0) is 38.3 Å². The Kier molecular flexibility index (Phi) is 4.18. The highest BCUT2D eigenvalue weighted by Gasteiger charge is 2.39. The van der Waals surface area contributed by atoms with Gasteiger partial charge >= 0.3 is 5.97 Å². The van der Waals surface area contributed by atoms with Gasteiger partial charge in [-0.1, -0.05) is 37.0 Å². The molecule has 0 unspecified atom stereocenters. The third-order valence-corrected chi connectivity index (χ3v) is 4.88. The normalized spacial score (nSPS) is 24.2. The molecule has 1 heterocycles. The monoisotopic (exact) mass is 287 g/mol. The summed E-state index contributed by atoms with van der Waals surface area (Å²) >= 11 is 0. The van der Waals surface area contributed by atoms with Crippen molar-refractivity contribution in [2.45, 2.75) is 57.9 Å². The first-order valence-electron chi connectivity index (χ1n) is 8.23. The van der Waals surface area contributed by atoms with Crippen molar-refractivity contribution in [3.8, 4) is 0 Å². The van der Waals surface area contributed by atoms with E-state index in [0.717, 1.165) is 0 Å². The molecule has 0 N–H and O–H groups in total. The van der Waals surface area contributed by atoms with E-state index in [2.05, 4.69) is 30.0 Å². The fourth-order valence-electron chi connectivity index (χ4n) is 3.98. The van der Waals surface area contributed by atoms with Gasteiger partial charge in [0.05, 0.1) is 6.61 Å². The molecule has 0 bridgehead atoms. The number of benzene rings is 1. The van der Waals surface area contributed by atoms with Crippen LogP contribution in [0.5, 0.6) is 0 Å². The Balaban J connectivity index is 1.92. The zero-order valence-corrected chi connectivity index (χ0v) is 13.1. The van der Waals surface area contributed by atoms with Crippen LogP contribution in [-0.4, -0.2) is 25.2 Å². The van der Waals surface area contributed by atoms with E-state index in [0.29, 0.717) is 25.1 Å². The van der Waals surface area contributed by atoms with Crippen LogP contribution in [-0.2, 0) is 9.53 Å². The van der Waals surface area contributed by atoms with Gasteiger partial charge in [-0.25, -0.2) is 0 Å². The second kappa shape index (κ2) is 6.08. The molecule has 1 aromatic carbocycles. The number of ether oxygens (including phenoxy) is 1. The summed E-state index contributed by atoms with van der Waals surface area (Å²) in [5, 5.41) is 0. The molecule has 2 atom stereocenters. The van der Waals surface area contributed by atoms with Crippen LogP contribution in [0.2, 0.25) is 0 Å². The van der Waals surface area contributed by atoms with Crippen LogP contribution in [0.4, 0.5) is 5.69 Å². The summed E-state index contributed by atoms with van der Waals surface area (Å²) in [6.07, 6.45) is 6.34. The molecule has 3 rings (SSSR count). The molecule has 1 saturated carbocycles. The number of nitrogens with zero attached hydrogens (tertiary/aromatic N) is 1. The number of esters is 1. The van der Waals surface area contributed by atoms with Gasteiger partial charge < -0.3 is 9.64 Å². The van der Waals surface area contributed by atoms with Gasteiger partial charge in [-0.2, -0.15) is 0 Å². The minimum Gasteiger partial charge on any atom is -0.465 e. The number of rotatable bonds is 3. The van der Waals surface area contributed by atoms with Crippen molar-refractivity contribution in [2.24, 2.45) is 0 Å². The van der Waals surface area contributed by atoms with E-state index in [1.807, 2.05) is 6.92 Å². The van der Waals surface area contributed by atoms with Crippen molar-refractivity contribution in [3.05, 3.63) is 29.3 Å². The van der Waals surface area contributed by atoms with Crippen molar-refractivity contribution in [3.63, 3.8) is 0 Å². The zero-order chi connectivity index (χ0) is 14.8. The summed E-state index contributed by atoms with van der Waals surface area (Å²) in [5.74, 6) is 0.491. The highest BCUT2D eigenvalue weighted by Crippen LogP contribution is 2.47. The molecular formula is C18H25NO2. The minimum absolute atomic E-state index is 0.103. The lowest BCUT2D eigenvalue weighted by Gasteiger charge is -2.28. The summed E-state index contributed by atoms with van der Waals surface area (Å²) in [4.78, 5) is 14.3. The summed E-state index contributed by atoms with van der Waals surface area (Å²) in [6.45, 7) is 4.88. The first-order chi connectivity index (χ1) is 10.2. The van der Waals surface area contributed by atoms with Gasteiger partial charge in [0.15, 0.2) is 0 Å². The highest BCUT2D eigenvalue weighted by atomic mass is 16.5. The van der Waals surface area contributed by atoms with Crippen LogP contribution < -0.4 is 4.90 Å². The van der Waals surface area contributed by atoms with Crippen LogP contribution in [0.1, 0.15) is 56.1 Å². The summed E-state index contributed by atoms with van der Waals surface area (Å²) < 4.78 is 5.17. The Morgan fingerprint density at radius 2 is 2.10 bits per heavy atom. The lowest BCUT2D eigenvalue weighted by molar-refractivity contribution is -0.141. The molecule has 3 nitrogen and oxygen atoms in total. The van der Waals surface area contributed by atoms with Crippen LogP contribution >= 0.6 is 0 Å². The van der Waals surface area contributed by atoms with E-state index in [-0.39, 0.29) is 5.97 Å². The second-order valence-corrected chi connectivity index (χ2v) is 6.31. The topological polar surface area (TPSA) is 29.5 Å². The zero-order valence-electron chi connectivity index (χ0n) is 13.1. The number of carbonyl (C=O) groups excluding carboxylic acids is 1. The standard InChI is InChI=1S/C18H25NO2/c1-3-21-18(20)12-19-16-8-6-4-5-7-14(16)15-11-13(2)9-10-17(15)19/h9-11,14,16H,3-8,12H2,1-2H3/t14-,16-/m0/s1. The van der Waals surface area contributed by atoms with Gasteiger partial charge in [-0.3, -0.25) is 4.79 Å². The van der Waals surface area contributed by atoms with E-state index in [9.17, 15) is 4.79 Å². The SMILES string of the molecule is CCOC(=O)CN1c2ccc(C)cc2[C@@H]2CCCCC[C@@H]21. The molecule has 1 aliphatic carbocycles. The van der Waals surface area contributed by atoms with E-state index in [1.165, 1.54) is 48.9 Å². The predicted molar refractivity (Wildman–Crippen MR) is 84.8 cm³/mol. The maximum absolute atomic E-state index is 12.0. The molecule has 0 saturated heterocycles. The molecule has 0 aromatic heterocycles. The molecule has 3 heteroatoms. The molecule has 114 valence electrons. The maximum Gasteiger partial charge on any atom is 0.325 e. The lowest BCUT2D eigenvalue weighted by atomic mass is 9.90. The van der Waals surface area contributed by atoms with Gasteiger partial charge in [0.25, 0.3) is 0 Å². The van der Waals surface area contributed by atoms with Gasteiger partial charge in [0.1, 0.15) is 6.54 Å². The Morgan fingerprint density at radius 3 is 2.90 bits per heavy atom. The van der Waals surface area contributed by atoms with Crippen molar-refractivity contribution in [2.75, 3.05) is 18.1 Å². The van der Waals surface area contributed by atoms with Crippen LogP contribution in [0.15, 0.2) is 18.2 Å². The molecule has 21 heavy (non-hydrogen) atoms. The van der Waals surface area contributed by atoms with Gasteiger partial charge in [0, 0.05) is 17.6 Å². The van der Waals surface area contributed by atoms with E-state index < -0.39 is 0 Å². The molecule has 0 amide bonds.